The average Bonchev–Trinajstić information content (AvgIpc) is 2.65. The van der Waals surface area contributed by atoms with Crippen LogP contribution in [0, 0.1) is 0 Å². The van der Waals surface area contributed by atoms with Gasteiger partial charge in [0, 0.05) is 11.6 Å². The van der Waals surface area contributed by atoms with E-state index in [9.17, 15) is 13.2 Å². The van der Waals surface area contributed by atoms with Crippen LogP contribution >= 0.6 is 11.6 Å². The second-order valence-corrected chi connectivity index (χ2v) is 7.53. The lowest BCUT2D eigenvalue weighted by Gasteiger charge is -2.25. The van der Waals surface area contributed by atoms with Gasteiger partial charge in [-0.15, -0.1) is 6.58 Å². The molecule has 0 unspecified atom stereocenters. The van der Waals surface area contributed by atoms with Gasteiger partial charge < -0.3 is 10.1 Å². The van der Waals surface area contributed by atoms with E-state index < -0.39 is 22.5 Å². The number of carbonyl (C=O) groups excluding carboxylic acids is 1. The summed E-state index contributed by atoms with van der Waals surface area (Å²) in [5.74, 6) is -0.197. The van der Waals surface area contributed by atoms with E-state index in [1.54, 1.807) is 30.3 Å². The zero-order chi connectivity index (χ0) is 19.2. The quantitative estimate of drug-likeness (QED) is 0.698. The molecule has 0 heterocycles. The van der Waals surface area contributed by atoms with Crippen molar-refractivity contribution < 1.29 is 17.9 Å². The zero-order valence-corrected chi connectivity index (χ0v) is 15.8. The lowest BCUT2D eigenvalue weighted by atomic mass is 10.3. The number of benzene rings is 2. The number of halogens is 1. The van der Waals surface area contributed by atoms with Crippen molar-refractivity contribution in [1.82, 2.24) is 5.32 Å². The first kappa shape index (κ1) is 19.8. The number of nitrogens with zero attached hydrogens (tertiary/aromatic N) is 1. The molecule has 0 bridgehead atoms. The minimum absolute atomic E-state index is 0.0542. The summed E-state index contributed by atoms with van der Waals surface area (Å²) in [4.78, 5) is 12.3. The highest BCUT2D eigenvalue weighted by atomic mass is 35.5. The number of sulfonamides is 1. The summed E-state index contributed by atoms with van der Waals surface area (Å²) in [6.45, 7) is 3.32. The van der Waals surface area contributed by atoms with E-state index in [2.05, 4.69) is 11.9 Å². The SMILES string of the molecule is C=CCNC(=O)CN(c1cc(Cl)ccc1OC)S(=O)(=O)c1ccccc1. The Hall–Kier alpha value is -2.51. The number of anilines is 1. The molecular weight excluding hydrogens is 376 g/mol. The molecule has 8 heteroatoms. The number of amides is 1. The topological polar surface area (TPSA) is 75.7 Å². The Morgan fingerprint density at radius 2 is 1.96 bits per heavy atom. The van der Waals surface area contributed by atoms with Crippen molar-refractivity contribution in [1.29, 1.82) is 0 Å². The summed E-state index contributed by atoms with van der Waals surface area (Å²) in [6.07, 6.45) is 1.51. The number of methoxy groups -OCH3 is 1. The third-order valence-electron chi connectivity index (χ3n) is 3.47. The molecule has 26 heavy (non-hydrogen) atoms. The molecule has 0 atom stereocenters. The minimum Gasteiger partial charge on any atom is -0.495 e. The number of carbonyl (C=O) groups is 1. The Bertz CT molecular complexity index is 885. The normalized spacial score (nSPS) is 10.8. The number of nitrogens with one attached hydrogen (secondary N) is 1. The monoisotopic (exact) mass is 394 g/mol. The summed E-state index contributed by atoms with van der Waals surface area (Å²) >= 11 is 6.04. The molecule has 0 fully saturated rings. The van der Waals surface area contributed by atoms with E-state index in [0.29, 0.717) is 5.02 Å². The fourth-order valence-electron chi connectivity index (χ4n) is 2.25. The van der Waals surface area contributed by atoms with Crippen molar-refractivity contribution >= 4 is 33.2 Å². The molecule has 0 aromatic heterocycles. The van der Waals surface area contributed by atoms with Gasteiger partial charge in [0.2, 0.25) is 5.91 Å². The predicted molar refractivity (Wildman–Crippen MR) is 102 cm³/mol. The predicted octanol–water partition coefficient (Wildman–Crippen LogP) is 2.85. The molecule has 6 nitrogen and oxygen atoms in total. The van der Waals surface area contributed by atoms with Crippen LogP contribution in [0.3, 0.4) is 0 Å². The first-order valence-electron chi connectivity index (χ1n) is 7.69. The van der Waals surface area contributed by atoms with Crippen LogP contribution in [-0.4, -0.2) is 34.5 Å². The highest BCUT2D eigenvalue weighted by Gasteiger charge is 2.29. The molecule has 2 rings (SSSR count). The fraction of sp³-hybridized carbons (Fsp3) is 0.167. The van der Waals surface area contributed by atoms with Gasteiger partial charge in [-0.2, -0.15) is 0 Å². The van der Waals surface area contributed by atoms with Crippen LogP contribution in [-0.2, 0) is 14.8 Å². The number of hydrogen-bond acceptors (Lipinski definition) is 4. The third kappa shape index (κ3) is 4.56. The maximum atomic E-state index is 13.1. The lowest BCUT2D eigenvalue weighted by molar-refractivity contribution is -0.119. The summed E-state index contributed by atoms with van der Waals surface area (Å²) in [5, 5.41) is 2.89. The van der Waals surface area contributed by atoms with Gasteiger partial charge in [0.15, 0.2) is 0 Å². The number of hydrogen-bond donors (Lipinski definition) is 1. The van der Waals surface area contributed by atoms with Gasteiger partial charge in [0.05, 0.1) is 17.7 Å². The van der Waals surface area contributed by atoms with Gasteiger partial charge in [-0.3, -0.25) is 9.10 Å². The molecule has 0 saturated heterocycles. The molecule has 2 aromatic carbocycles. The summed E-state index contributed by atoms with van der Waals surface area (Å²) in [6, 6.07) is 12.4. The van der Waals surface area contributed by atoms with Crippen molar-refractivity contribution in [3.05, 3.63) is 66.2 Å². The first-order chi connectivity index (χ1) is 12.4. The van der Waals surface area contributed by atoms with Gasteiger partial charge in [0.1, 0.15) is 12.3 Å². The van der Waals surface area contributed by atoms with Crippen molar-refractivity contribution in [2.24, 2.45) is 0 Å². The Morgan fingerprint density at radius 1 is 1.27 bits per heavy atom. The third-order valence-corrected chi connectivity index (χ3v) is 5.48. The minimum atomic E-state index is -4.02. The van der Waals surface area contributed by atoms with Crippen LogP contribution in [0.25, 0.3) is 0 Å². The molecule has 2 aromatic rings. The van der Waals surface area contributed by atoms with E-state index in [-0.39, 0.29) is 22.9 Å². The molecule has 0 radical (unpaired) electrons. The highest BCUT2D eigenvalue weighted by molar-refractivity contribution is 7.92. The van der Waals surface area contributed by atoms with Gasteiger partial charge in [-0.25, -0.2) is 8.42 Å². The number of ether oxygens (including phenoxy) is 1. The van der Waals surface area contributed by atoms with Crippen LogP contribution in [0.15, 0.2) is 66.1 Å². The van der Waals surface area contributed by atoms with Crippen molar-refractivity contribution in [3.8, 4) is 5.75 Å². The van der Waals surface area contributed by atoms with Gasteiger partial charge in [0.25, 0.3) is 10.0 Å². The maximum Gasteiger partial charge on any atom is 0.264 e. The molecule has 0 aliphatic heterocycles. The summed E-state index contributed by atoms with van der Waals surface area (Å²) in [7, 11) is -2.60. The van der Waals surface area contributed by atoms with E-state index >= 15 is 0 Å². The Balaban J connectivity index is 2.54. The summed E-state index contributed by atoms with van der Waals surface area (Å²) in [5.41, 5.74) is 0.178. The van der Waals surface area contributed by atoms with Crippen LogP contribution in [0.4, 0.5) is 5.69 Å². The molecule has 0 aliphatic carbocycles. The summed E-state index contributed by atoms with van der Waals surface area (Å²) < 4.78 is 32.5. The Labute approximate surface area is 158 Å². The van der Waals surface area contributed by atoms with Crippen LogP contribution < -0.4 is 14.4 Å². The Morgan fingerprint density at radius 3 is 2.58 bits per heavy atom. The van der Waals surface area contributed by atoms with Crippen molar-refractivity contribution in [3.63, 3.8) is 0 Å². The maximum absolute atomic E-state index is 13.1. The molecule has 0 aliphatic rings. The standard InChI is InChI=1S/C18H19ClN2O4S/c1-3-11-20-18(22)13-21(16-12-14(19)9-10-17(16)25-2)26(23,24)15-7-5-4-6-8-15/h3-10,12H,1,11,13H2,2H3,(H,20,22). The largest absolute Gasteiger partial charge is 0.495 e. The van der Waals surface area contributed by atoms with E-state index in [1.165, 1.54) is 31.4 Å². The van der Waals surface area contributed by atoms with Crippen molar-refractivity contribution in [2.75, 3.05) is 24.5 Å². The molecule has 1 N–H and O–H groups in total. The average molecular weight is 395 g/mol. The van der Waals surface area contributed by atoms with Gasteiger partial charge in [-0.05, 0) is 30.3 Å². The van der Waals surface area contributed by atoms with E-state index in [4.69, 9.17) is 16.3 Å². The van der Waals surface area contributed by atoms with Gasteiger partial charge >= 0.3 is 0 Å². The molecule has 138 valence electrons. The Kier molecular flexibility index (Phi) is 6.65. The van der Waals surface area contributed by atoms with Crippen LogP contribution in [0.2, 0.25) is 5.02 Å². The highest BCUT2D eigenvalue weighted by Crippen LogP contribution is 2.34. The lowest BCUT2D eigenvalue weighted by Crippen LogP contribution is -2.41. The molecular formula is C18H19ClN2O4S. The first-order valence-corrected chi connectivity index (χ1v) is 9.51. The second kappa shape index (κ2) is 8.73. The number of rotatable bonds is 8. The van der Waals surface area contributed by atoms with E-state index in [1.807, 2.05) is 0 Å². The van der Waals surface area contributed by atoms with Crippen molar-refractivity contribution in [2.45, 2.75) is 4.90 Å². The zero-order valence-electron chi connectivity index (χ0n) is 14.2. The molecule has 0 spiro atoms. The smallest absolute Gasteiger partial charge is 0.264 e. The van der Waals surface area contributed by atoms with Crippen LogP contribution in [0.5, 0.6) is 5.75 Å². The molecule has 1 amide bonds. The second-order valence-electron chi connectivity index (χ2n) is 5.23. The molecule has 0 saturated carbocycles. The van der Waals surface area contributed by atoms with E-state index in [0.717, 1.165) is 4.31 Å². The fourth-order valence-corrected chi connectivity index (χ4v) is 3.86. The van der Waals surface area contributed by atoms with Gasteiger partial charge in [-0.1, -0.05) is 35.9 Å². The van der Waals surface area contributed by atoms with Crippen LogP contribution in [0.1, 0.15) is 0 Å².